The highest BCUT2D eigenvalue weighted by Crippen LogP contribution is 2.28. The van der Waals surface area contributed by atoms with Crippen LogP contribution in [0.1, 0.15) is 38.5 Å². The van der Waals surface area contributed by atoms with Crippen LogP contribution in [0, 0.1) is 0 Å². The van der Waals surface area contributed by atoms with E-state index in [1.807, 2.05) is 36.4 Å². The number of hydrogen-bond acceptors (Lipinski definition) is 4. The van der Waals surface area contributed by atoms with Crippen LogP contribution >= 0.6 is 0 Å². The van der Waals surface area contributed by atoms with Crippen molar-refractivity contribution in [3.05, 3.63) is 106 Å². The number of carbonyl (C=O) groups excluding carboxylic acids is 1. The predicted molar refractivity (Wildman–Crippen MR) is 126 cm³/mol. The van der Waals surface area contributed by atoms with E-state index in [9.17, 15) is 14.4 Å². The Bertz CT molecular complexity index is 1500. The smallest absolute Gasteiger partial charge is 0.335 e. The van der Waals surface area contributed by atoms with Crippen LogP contribution in [0.3, 0.4) is 0 Å². The Balaban J connectivity index is 1.50. The molecule has 0 unspecified atom stereocenters. The lowest BCUT2D eigenvalue weighted by Crippen LogP contribution is -2.21. The number of nitrogens with one attached hydrogen (secondary N) is 1. The summed E-state index contributed by atoms with van der Waals surface area (Å²) in [6.45, 7) is 0.578. The molecule has 0 atom stereocenters. The van der Waals surface area contributed by atoms with E-state index in [4.69, 9.17) is 10.1 Å². The second-order valence-electron chi connectivity index (χ2n) is 7.79. The molecule has 0 radical (unpaired) electrons. The average Bonchev–Trinajstić information content (AvgIpc) is 3.22. The molecule has 7 heteroatoms. The number of nitrogens with zero attached hydrogens (tertiary/aromatic N) is 2. The lowest BCUT2D eigenvalue weighted by molar-refractivity contribution is 0.0697. The summed E-state index contributed by atoms with van der Waals surface area (Å²) in [5, 5.41) is 12.4. The number of carbonyl (C=O) groups is 2. The highest BCUT2D eigenvalue weighted by Gasteiger charge is 2.21. The summed E-state index contributed by atoms with van der Waals surface area (Å²) < 4.78 is 1.69. The van der Waals surface area contributed by atoms with E-state index in [0.29, 0.717) is 29.0 Å². The Morgan fingerprint density at radius 3 is 2.55 bits per heavy atom. The SMILES string of the molecule is O=C(O)c1cccc(C(=O)Nc2ccc3c(=O)n4c(nc3c2)C(=Cc2ccccc2)CC4)c1. The molecule has 2 N–H and O–H groups in total. The third kappa shape index (κ3) is 3.92. The second-order valence-corrected chi connectivity index (χ2v) is 7.79. The molecule has 3 aromatic carbocycles. The van der Waals surface area contributed by atoms with Gasteiger partial charge in [0, 0.05) is 17.8 Å². The molecule has 7 nitrogen and oxygen atoms in total. The maximum atomic E-state index is 13.0. The Morgan fingerprint density at radius 2 is 1.76 bits per heavy atom. The van der Waals surface area contributed by atoms with Crippen LogP contribution in [0.5, 0.6) is 0 Å². The molecule has 0 aliphatic carbocycles. The molecule has 4 aromatic rings. The third-order valence-corrected chi connectivity index (χ3v) is 5.62. The standard InChI is InChI=1S/C26H19N3O4/c30-24(18-7-4-8-19(14-18)26(32)33)27-20-9-10-21-22(15-20)28-23-17(11-12-29(23)25(21)31)13-16-5-2-1-3-6-16/h1-10,13-15H,11-12H2,(H,27,30)(H,32,33). The molecule has 33 heavy (non-hydrogen) atoms. The number of aromatic carboxylic acids is 1. The number of aromatic nitrogens is 2. The van der Waals surface area contributed by atoms with E-state index in [-0.39, 0.29) is 16.7 Å². The lowest BCUT2D eigenvalue weighted by atomic mass is 10.1. The fraction of sp³-hybridized carbons (Fsp3) is 0.0769. The topological polar surface area (TPSA) is 101 Å². The van der Waals surface area contributed by atoms with Crippen LogP contribution in [0.4, 0.5) is 5.69 Å². The quantitative estimate of drug-likeness (QED) is 0.496. The van der Waals surface area contributed by atoms with E-state index in [2.05, 4.69) is 5.32 Å². The van der Waals surface area contributed by atoms with Crippen molar-refractivity contribution in [3.63, 3.8) is 0 Å². The van der Waals surface area contributed by atoms with Gasteiger partial charge >= 0.3 is 5.97 Å². The van der Waals surface area contributed by atoms with Crippen LogP contribution in [0.15, 0.2) is 77.6 Å². The zero-order chi connectivity index (χ0) is 22.9. The molecule has 1 aliphatic rings. The van der Waals surface area contributed by atoms with E-state index >= 15 is 0 Å². The maximum absolute atomic E-state index is 13.0. The van der Waals surface area contributed by atoms with Crippen molar-refractivity contribution in [2.24, 2.45) is 0 Å². The van der Waals surface area contributed by atoms with Gasteiger partial charge in [-0.25, -0.2) is 9.78 Å². The molecule has 0 saturated carbocycles. The van der Waals surface area contributed by atoms with Crippen molar-refractivity contribution in [2.45, 2.75) is 13.0 Å². The number of hydrogen-bond donors (Lipinski definition) is 2. The highest BCUT2D eigenvalue weighted by molar-refractivity contribution is 6.06. The highest BCUT2D eigenvalue weighted by atomic mass is 16.4. The number of carboxylic acids is 1. The minimum atomic E-state index is -1.10. The van der Waals surface area contributed by atoms with Crippen molar-refractivity contribution in [3.8, 4) is 0 Å². The first-order chi connectivity index (χ1) is 16.0. The molecule has 1 aliphatic heterocycles. The second kappa shape index (κ2) is 8.20. The molecule has 5 rings (SSSR count). The lowest BCUT2D eigenvalue weighted by Gasteiger charge is -2.09. The molecule has 0 saturated heterocycles. The fourth-order valence-electron chi connectivity index (χ4n) is 3.98. The predicted octanol–water partition coefficient (Wildman–Crippen LogP) is 4.29. The van der Waals surface area contributed by atoms with Gasteiger partial charge in [0.25, 0.3) is 11.5 Å². The molecule has 0 spiro atoms. The van der Waals surface area contributed by atoms with Gasteiger partial charge in [-0.3, -0.25) is 14.2 Å². The van der Waals surface area contributed by atoms with Gasteiger partial charge < -0.3 is 10.4 Å². The number of carboxylic acid groups (broad SMARTS) is 1. The van der Waals surface area contributed by atoms with E-state index < -0.39 is 11.9 Å². The summed E-state index contributed by atoms with van der Waals surface area (Å²) in [7, 11) is 0. The van der Waals surface area contributed by atoms with Crippen molar-refractivity contribution < 1.29 is 14.7 Å². The van der Waals surface area contributed by atoms with E-state index in [1.54, 1.807) is 28.8 Å². The number of allylic oxidation sites excluding steroid dienone is 1. The maximum Gasteiger partial charge on any atom is 0.335 e. The summed E-state index contributed by atoms with van der Waals surface area (Å²) in [5.74, 6) is -0.915. The molecule has 0 fully saturated rings. The first-order valence-electron chi connectivity index (χ1n) is 10.4. The largest absolute Gasteiger partial charge is 0.478 e. The molecule has 2 heterocycles. The molecular formula is C26H19N3O4. The molecular weight excluding hydrogens is 418 g/mol. The monoisotopic (exact) mass is 437 g/mol. The summed E-state index contributed by atoms with van der Waals surface area (Å²) in [5.41, 5.74) is 3.13. The first-order valence-corrected chi connectivity index (χ1v) is 10.4. The van der Waals surface area contributed by atoms with Crippen LogP contribution in [0.2, 0.25) is 0 Å². The van der Waals surface area contributed by atoms with Gasteiger partial charge in [-0.2, -0.15) is 0 Å². The Labute approximate surface area is 188 Å². The van der Waals surface area contributed by atoms with Crippen LogP contribution in [0.25, 0.3) is 22.6 Å². The van der Waals surface area contributed by atoms with Crippen molar-refractivity contribution in [1.82, 2.24) is 9.55 Å². The molecule has 162 valence electrons. The van der Waals surface area contributed by atoms with Crippen molar-refractivity contribution >= 4 is 40.1 Å². The van der Waals surface area contributed by atoms with Gasteiger partial charge in [0.2, 0.25) is 0 Å². The van der Waals surface area contributed by atoms with Gasteiger partial charge in [-0.05, 0) is 60.0 Å². The zero-order valence-corrected chi connectivity index (χ0v) is 17.5. The van der Waals surface area contributed by atoms with Crippen molar-refractivity contribution in [1.29, 1.82) is 0 Å². The molecule has 1 aromatic heterocycles. The summed E-state index contributed by atoms with van der Waals surface area (Å²) in [6.07, 6.45) is 2.76. The number of amides is 1. The summed E-state index contributed by atoms with van der Waals surface area (Å²) >= 11 is 0. The van der Waals surface area contributed by atoms with Gasteiger partial charge in [0.15, 0.2) is 0 Å². The van der Waals surface area contributed by atoms with Gasteiger partial charge in [0.05, 0.1) is 16.5 Å². The van der Waals surface area contributed by atoms with Crippen LogP contribution in [-0.4, -0.2) is 26.5 Å². The number of rotatable bonds is 4. The Hall–Kier alpha value is -4.52. The van der Waals surface area contributed by atoms with Crippen LogP contribution < -0.4 is 10.9 Å². The fourth-order valence-corrected chi connectivity index (χ4v) is 3.98. The van der Waals surface area contributed by atoms with Gasteiger partial charge in [-0.15, -0.1) is 0 Å². The minimum absolute atomic E-state index is 0.0316. The number of fused-ring (bicyclic) bond motifs is 2. The molecule has 0 bridgehead atoms. The normalized spacial score (nSPS) is 13.8. The van der Waals surface area contributed by atoms with Gasteiger partial charge in [0.1, 0.15) is 5.82 Å². The van der Waals surface area contributed by atoms with Crippen LogP contribution in [-0.2, 0) is 6.54 Å². The average molecular weight is 437 g/mol. The number of benzene rings is 3. The Kier molecular flexibility index (Phi) is 5.06. The summed E-state index contributed by atoms with van der Waals surface area (Å²) in [6, 6.07) is 20.6. The Morgan fingerprint density at radius 1 is 0.970 bits per heavy atom. The molecule has 1 amide bonds. The van der Waals surface area contributed by atoms with E-state index in [1.165, 1.54) is 18.2 Å². The third-order valence-electron chi connectivity index (χ3n) is 5.62. The van der Waals surface area contributed by atoms with E-state index in [0.717, 1.165) is 17.6 Å². The van der Waals surface area contributed by atoms with Crippen molar-refractivity contribution in [2.75, 3.05) is 5.32 Å². The summed E-state index contributed by atoms with van der Waals surface area (Å²) in [4.78, 5) is 41.6. The first kappa shape index (κ1) is 20.4. The number of anilines is 1. The minimum Gasteiger partial charge on any atom is -0.478 e. The zero-order valence-electron chi connectivity index (χ0n) is 17.5. The van der Waals surface area contributed by atoms with Gasteiger partial charge in [-0.1, -0.05) is 36.4 Å².